The molecule has 0 aliphatic rings. The Hall–Kier alpha value is -1.93. The standard InChI is InChI=1S/C6H4N2.C3H7NO2/c7-5-6-3-1-2-4-8-6;1-2(4)3(5)6/h1-4H;2H,4H2,1H3,(H,5,6). The summed E-state index contributed by atoms with van der Waals surface area (Å²) in [5, 5.41) is 16.1. The van der Waals surface area contributed by atoms with Crippen molar-refractivity contribution in [2.75, 3.05) is 0 Å². The van der Waals surface area contributed by atoms with E-state index in [0.29, 0.717) is 5.69 Å². The zero-order chi connectivity index (χ0) is 11.0. The van der Waals surface area contributed by atoms with Gasteiger partial charge in [-0.15, -0.1) is 0 Å². The summed E-state index contributed by atoms with van der Waals surface area (Å²) in [5.41, 5.74) is 5.30. The van der Waals surface area contributed by atoms with Crippen LogP contribution in [0, 0.1) is 11.3 Å². The van der Waals surface area contributed by atoms with Crippen LogP contribution in [0.2, 0.25) is 0 Å². The van der Waals surface area contributed by atoms with Crippen molar-refractivity contribution in [3.8, 4) is 6.07 Å². The fourth-order valence-corrected chi connectivity index (χ4v) is 0.429. The summed E-state index contributed by atoms with van der Waals surface area (Å²) in [6.07, 6.45) is 1.60. The van der Waals surface area contributed by atoms with Gasteiger partial charge in [0.15, 0.2) is 0 Å². The molecule has 0 spiro atoms. The number of carboxylic acid groups (broad SMARTS) is 1. The van der Waals surface area contributed by atoms with E-state index in [2.05, 4.69) is 4.98 Å². The molecule has 1 heterocycles. The number of hydrogen-bond acceptors (Lipinski definition) is 4. The van der Waals surface area contributed by atoms with E-state index >= 15 is 0 Å². The molecule has 0 aromatic carbocycles. The predicted octanol–water partition coefficient (Wildman–Crippen LogP) is 0.371. The normalized spacial score (nSPS) is 10.4. The third kappa shape index (κ3) is 5.69. The number of aliphatic carboxylic acids is 1. The number of aromatic nitrogens is 1. The van der Waals surface area contributed by atoms with E-state index in [-0.39, 0.29) is 0 Å². The van der Waals surface area contributed by atoms with E-state index < -0.39 is 12.0 Å². The monoisotopic (exact) mass is 193 g/mol. The number of pyridine rings is 1. The van der Waals surface area contributed by atoms with Gasteiger partial charge in [-0.2, -0.15) is 5.26 Å². The van der Waals surface area contributed by atoms with E-state index in [1.165, 1.54) is 6.92 Å². The zero-order valence-electron chi connectivity index (χ0n) is 7.71. The van der Waals surface area contributed by atoms with Gasteiger partial charge in [-0.05, 0) is 19.1 Å². The summed E-state index contributed by atoms with van der Waals surface area (Å²) in [6.45, 7) is 1.42. The number of nitriles is 1. The fourth-order valence-electron chi connectivity index (χ4n) is 0.429. The highest BCUT2D eigenvalue weighted by molar-refractivity contribution is 5.72. The molecule has 5 nitrogen and oxygen atoms in total. The van der Waals surface area contributed by atoms with Gasteiger partial charge in [0, 0.05) is 6.20 Å². The molecule has 3 N–H and O–H groups in total. The minimum Gasteiger partial charge on any atom is -0.480 e. The molecule has 1 rings (SSSR count). The molecule has 0 aliphatic carbocycles. The molecule has 0 radical (unpaired) electrons. The highest BCUT2D eigenvalue weighted by atomic mass is 16.4. The van der Waals surface area contributed by atoms with Gasteiger partial charge in [0.05, 0.1) is 0 Å². The second kappa shape index (κ2) is 6.57. The number of carbonyl (C=O) groups is 1. The fraction of sp³-hybridized carbons (Fsp3) is 0.222. The summed E-state index contributed by atoms with van der Waals surface area (Å²) in [6, 6.07) is 6.41. The molecule has 5 heteroatoms. The highest BCUT2D eigenvalue weighted by Gasteiger charge is 1.99. The second-order valence-corrected chi connectivity index (χ2v) is 2.45. The zero-order valence-corrected chi connectivity index (χ0v) is 7.71. The lowest BCUT2D eigenvalue weighted by Crippen LogP contribution is -2.25. The molecule has 0 bridgehead atoms. The van der Waals surface area contributed by atoms with Crippen LogP contribution in [-0.4, -0.2) is 22.1 Å². The molecule has 0 saturated heterocycles. The largest absolute Gasteiger partial charge is 0.480 e. The third-order valence-corrected chi connectivity index (χ3v) is 1.17. The van der Waals surface area contributed by atoms with Gasteiger partial charge in [0.2, 0.25) is 0 Å². The van der Waals surface area contributed by atoms with Gasteiger partial charge >= 0.3 is 5.97 Å². The molecular weight excluding hydrogens is 182 g/mol. The quantitative estimate of drug-likeness (QED) is 0.671. The van der Waals surface area contributed by atoms with Gasteiger partial charge in [0.25, 0.3) is 0 Å². The summed E-state index contributed by atoms with van der Waals surface area (Å²) in [7, 11) is 0. The molecule has 0 amide bonds. The molecule has 74 valence electrons. The molecule has 14 heavy (non-hydrogen) atoms. The smallest absolute Gasteiger partial charge is 0.320 e. The van der Waals surface area contributed by atoms with Crippen LogP contribution in [0.5, 0.6) is 0 Å². The lowest BCUT2D eigenvalue weighted by Gasteiger charge is -1.90. The van der Waals surface area contributed by atoms with Crippen LogP contribution >= 0.6 is 0 Å². The number of nitrogens with zero attached hydrogens (tertiary/aromatic N) is 2. The maximum Gasteiger partial charge on any atom is 0.320 e. The van der Waals surface area contributed by atoms with Crippen molar-refractivity contribution in [1.29, 1.82) is 5.26 Å². The maximum atomic E-state index is 9.57. The lowest BCUT2D eigenvalue weighted by atomic mass is 10.4. The molecule has 0 fully saturated rings. The Labute approximate surface area is 81.8 Å². The van der Waals surface area contributed by atoms with Crippen molar-refractivity contribution >= 4 is 5.97 Å². The summed E-state index contributed by atoms with van der Waals surface area (Å²) in [5.74, 6) is -0.963. The topological polar surface area (TPSA) is 100 Å². The Balaban J connectivity index is 0.000000255. The van der Waals surface area contributed by atoms with Crippen molar-refractivity contribution in [2.45, 2.75) is 13.0 Å². The first-order valence-electron chi connectivity index (χ1n) is 3.87. The van der Waals surface area contributed by atoms with Gasteiger partial charge in [-0.1, -0.05) is 6.07 Å². The summed E-state index contributed by atoms with van der Waals surface area (Å²) < 4.78 is 0. The van der Waals surface area contributed by atoms with Crippen LogP contribution < -0.4 is 5.73 Å². The lowest BCUT2D eigenvalue weighted by molar-refractivity contribution is -0.138. The van der Waals surface area contributed by atoms with Crippen molar-refractivity contribution in [1.82, 2.24) is 4.98 Å². The molecular formula is C9H11N3O2. The Morgan fingerprint density at radius 2 is 2.29 bits per heavy atom. The van der Waals surface area contributed by atoms with E-state index in [0.717, 1.165) is 0 Å². The van der Waals surface area contributed by atoms with Gasteiger partial charge in [-0.25, -0.2) is 4.98 Å². The van der Waals surface area contributed by atoms with E-state index in [9.17, 15) is 4.79 Å². The average Bonchev–Trinajstić information content (AvgIpc) is 2.20. The molecule has 0 aliphatic heterocycles. The number of rotatable bonds is 1. The third-order valence-electron chi connectivity index (χ3n) is 1.17. The molecule has 1 unspecified atom stereocenters. The van der Waals surface area contributed by atoms with Crippen LogP contribution in [0.3, 0.4) is 0 Å². The van der Waals surface area contributed by atoms with Crippen LogP contribution in [0.4, 0.5) is 0 Å². The van der Waals surface area contributed by atoms with E-state index in [4.69, 9.17) is 16.1 Å². The number of carboxylic acids is 1. The van der Waals surface area contributed by atoms with Crippen molar-refractivity contribution < 1.29 is 9.90 Å². The van der Waals surface area contributed by atoms with Crippen LogP contribution in [0.25, 0.3) is 0 Å². The van der Waals surface area contributed by atoms with Crippen LogP contribution in [0.15, 0.2) is 24.4 Å². The summed E-state index contributed by atoms with van der Waals surface area (Å²) in [4.78, 5) is 13.3. The van der Waals surface area contributed by atoms with Crippen molar-refractivity contribution in [3.63, 3.8) is 0 Å². The highest BCUT2D eigenvalue weighted by Crippen LogP contribution is 1.86. The number of nitrogens with two attached hydrogens (primary N) is 1. The first-order chi connectivity index (χ1) is 6.57. The van der Waals surface area contributed by atoms with Crippen LogP contribution in [-0.2, 0) is 4.79 Å². The average molecular weight is 193 g/mol. The van der Waals surface area contributed by atoms with E-state index in [1.807, 2.05) is 6.07 Å². The minimum atomic E-state index is -0.963. The van der Waals surface area contributed by atoms with Gasteiger partial charge in [-0.3, -0.25) is 4.79 Å². The molecule has 1 aromatic heterocycles. The minimum absolute atomic E-state index is 0.465. The molecule has 1 aromatic rings. The SMILES string of the molecule is CC(N)C(=O)O.N#Cc1ccccn1. The predicted molar refractivity (Wildman–Crippen MR) is 50.2 cm³/mol. The second-order valence-electron chi connectivity index (χ2n) is 2.45. The Kier molecular flexibility index (Phi) is 5.67. The Morgan fingerprint density at radius 1 is 1.71 bits per heavy atom. The number of hydrogen-bond donors (Lipinski definition) is 2. The van der Waals surface area contributed by atoms with Gasteiger partial charge < -0.3 is 10.8 Å². The molecule has 0 saturated carbocycles. The van der Waals surface area contributed by atoms with Crippen LogP contribution in [0.1, 0.15) is 12.6 Å². The Bertz CT molecular complexity index is 317. The van der Waals surface area contributed by atoms with Crippen molar-refractivity contribution in [2.24, 2.45) is 5.73 Å². The molecule has 1 atom stereocenters. The summed E-state index contributed by atoms with van der Waals surface area (Å²) >= 11 is 0. The van der Waals surface area contributed by atoms with Crippen molar-refractivity contribution in [3.05, 3.63) is 30.1 Å². The first kappa shape index (κ1) is 12.1. The van der Waals surface area contributed by atoms with E-state index in [1.54, 1.807) is 24.4 Å². The van der Waals surface area contributed by atoms with Gasteiger partial charge in [0.1, 0.15) is 17.8 Å². The first-order valence-corrected chi connectivity index (χ1v) is 3.87. The maximum absolute atomic E-state index is 9.57. The Morgan fingerprint density at radius 3 is 2.50 bits per heavy atom.